The summed E-state index contributed by atoms with van der Waals surface area (Å²) < 4.78 is 24.7. The fourth-order valence-corrected chi connectivity index (χ4v) is 4.39. The summed E-state index contributed by atoms with van der Waals surface area (Å²) in [7, 11) is 3.26. The van der Waals surface area contributed by atoms with Gasteiger partial charge in [-0.25, -0.2) is 4.39 Å². The van der Waals surface area contributed by atoms with Gasteiger partial charge in [-0.05, 0) is 52.9 Å². The maximum absolute atomic E-state index is 13.7. The van der Waals surface area contributed by atoms with Gasteiger partial charge < -0.3 is 14.6 Å². The van der Waals surface area contributed by atoms with Crippen molar-refractivity contribution in [1.82, 2.24) is 4.90 Å². The van der Waals surface area contributed by atoms with E-state index in [1.807, 2.05) is 54.6 Å². The molecule has 1 aliphatic rings. The lowest BCUT2D eigenvalue weighted by atomic mass is 9.85. The van der Waals surface area contributed by atoms with Crippen molar-refractivity contribution in [3.05, 3.63) is 94.8 Å². The van der Waals surface area contributed by atoms with Crippen LogP contribution in [0.25, 0.3) is 0 Å². The Labute approximate surface area is 176 Å². The molecule has 0 saturated heterocycles. The van der Waals surface area contributed by atoms with E-state index in [9.17, 15) is 9.50 Å². The molecule has 3 aromatic rings. The van der Waals surface area contributed by atoms with Crippen LogP contribution < -0.4 is 9.47 Å². The van der Waals surface area contributed by atoms with Crippen molar-refractivity contribution in [1.29, 1.82) is 0 Å². The highest BCUT2D eigenvalue weighted by Crippen LogP contribution is 2.44. The van der Waals surface area contributed by atoms with Crippen LogP contribution in [0.2, 0.25) is 0 Å². The summed E-state index contributed by atoms with van der Waals surface area (Å²) in [5.74, 6) is 1.09. The van der Waals surface area contributed by atoms with E-state index in [4.69, 9.17) is 9.47 Å². The topological polar surface area (TPSA) is 41.9 Å². The maximum atomic E-state index is 13.7. The number of rotatable bonds is 6. The van der Waals surface area contributed by atoms with E-state index >= 15 is 0 Å². The van der Waals surface area contributed by atoms with Gasteiger partial charge in [0.05, 0.1) is 32.9 Å². The average molecular weight is 407 g/mol. The zero-order valence-electron chi connectivity index (χ0n) is 17.2. The van der Waals surface area contributed by atoms with Gasteiger partial charge in [0.2, 0.25) is 0 Å². The van der Waals surface area contributed by atoms with E-state index in [2.05, 4.69) is 4.90 Å². The van der Waals surface area contributed by atoms with Gasteiger partial charge >= 0.3 is 0 Å². The van der Waals surface area contributed by atoms with Crippen molar-refractivity contribution in [2.75, 3.05) is 27.4 Å². The molecule has 1 heterocycles. The number of fused-ring (bicyclic) bond motifs is 1. The van der Waals surface area contributed by atoms with Crippen LogP contribution in [0.5, 0.6) is 11.5 Å². The zero-order valence-corrected chi connectivity index (χ0v) is 17.2. The quantitative estimate of drug-likeness (QED) is 0.652. The first-order chi connectivity index (χ1) is 14.7. The number of hydrogen-bond donors (Lipinski definition) is 1. The summed E-state index contributed by atoms with van der Waals surface area (Å²) in [6, 6.07) is 20.3. The second-order valence-electron chi connectivity index (χ2n) is 7.46. The van der Waals surface area contributed by atoms with Crippen molar-refractivity contribution >= 4 is 0 Å². The lowest BCUT2D eigenvalue weighted by molar-refractivity contribution is 0.0901. The van der Waals surface area contributed by atoms with Crippen molar-refractivity contribution in [3.8, 4) is 11.5 Å². The summed E-state index contributed by atoms with van der Waals surface area (Å²) in [5, 5.41) is 10.3. The molecule has 1 N–H and O–H groups in total. The van der Waals surface area contributed by atoms with Crippen LogP contribution in [0, 0.1) is 5.82 Å². The second kappa shape index (κ2) is 8.86. The largest absolute Gasteiger partial charge is 0.493 e. The predicted octanol–water partition coefficient (Wildman–Crippen LogP) is 4.52. The number of hydrogen-bond acceptors (Lipinski definition) is 4. The Kier molecular flexibility index (Phi) is 6.02. The molecule has 0 spiro atoms. The Hall–Kier alpha value is -2.89. The molecular formula is C25H26FNO3. The number of nitrogens with zero attached hydrogens (tertiary/aromatic N) is 1. The number of ether oxygens (including phenoxy) is 2. The first-order valence-electron chi connectivity index (χ1n) is 10.1. The highest BCUT2D eigenvalue weighted by molar-refractivity contribution is 5.52. The molecule has 4 rings (SSSR count). The first kappa shape index (κ1) is 20.4. The summed E-state index contributed by atoms with van der Waals surface area (Å²) in [6.07, 6.45) is 0.816. The number of aliphatic hydroxyl groups excluding tert-OH is 1. The monoisotopic (exact) mass is 407 g/mol. The minimum Gasteiger partial charge on any atom is -0.493 e. The minimum absolute atomic E-state index is 0.00959. The van der Waals surface area contributed by atoms with E-state index in [1.165, 1.54) is 17.7 Å². The van der Waals surface area contributed by atoms with Gasteiger partial charge in [0, 0.05) is 6.54 Å². The van der Waals surface area contributed by atoms with E-state index in [0.717, 1.165) is 29.7 Å². The SMILES string of the molecule is COc1cc2c(cc1OC)[C@@H](c1ccc(F)cc1)N([C@@H](CO)c1ccccc1)CC2. The van der Waals surface area contributed by atoms with Crippen LogP contribution in [0.4, 0.5) is 4.39 Å². The smallest absolute Gasteiger partial charge is 0.161 e. The van der Waals surface area contributed by atoms with Crippen LogP contribution in [0.15, 0.2) is 66.7 Å². The molecule has 0 radical (unpaired) electrons. The summed E-state index contributed by atoms with van der Waals surface area (Å²) in [4.78, 5) is 2.29. The molecule has 2 atom stereocenters. The van der Waals surface area contributed by atoms with Gasteiger partial charge in [0.25, 0.3) is 0 Å². The third kappa shape index (κ3) is 3.78. The van der Waals surface area contributed by atoms with Gasteiger partial charge in [0.15, 0.2) is 11.5 Å². The molecule has 3 aromatic carbocycles. The fraction of sp³-hybridized carbons (Fsp3) is 0.280. The van der Waals surface area contributed by atoms with Crippen LogP contribution >= 0.6 is 0 Å². The Bertz CT molecular complexity index is 991. The lowest BCUT2D eigenvalue weighted by Gasteiger charge is -2.42. The normalized spacial score (nSPS) is 17.3. The number of benzene rings is 3. The van der Waals surface area contributed by atoms with Gasteiger partial charge in [-0.3, -0.25) is 4.90 Å². The van der Waals surface area contributed by atoms with Gasteiger partial charge in [0.1, 0.15) is 5.82 Å². The molecule has 0 aromatic heterocycles. The molecule has 0 aliphatic carbocycles. The van der Waals surface area contributed by atoms with E-state index < -0.39 is 0 Å². The average Bonchev–Trinajstić information content (AvgIpc) is 2.80. The van der Waals surface area contributed by atoms with Gasteiger partial charge in [-0.1, -0.05) is 42.5 Å². The highest BCUT2D eigenvalue weighted by atomic mass is 19.1. The predicted molar refractivity (Wildman–Crippen MR) is 114 cm³/mol. The third-order valence-electron chi connectivity index (χ3n) is 5.85. The van der Waals surface area contributed by atoms with Crippen LogP contribution in [-0.2, 0) is 6.42 Å². The summed E-state index contributed by atoms with van der Waals surface area (Å²) in [6.45, 7) is 0.745. The molecule has 0 unspecified atom stereocenters. The Morgan fingerprint density at radius 2 is 1.67 bits per heavy atom. The summed E-state index contributed by atoms with van der Waals surface area (Å²) in [5.41, 5.74) is 4.28. The second-order valence-corrected chi connectivity index (χ2v) is 7.46. The van der Waals surface area contributed by atoms with Crippen molar-refractivity contribution in [2.24, 2.45) is 0 Å². The molecular weight excluding hydrogens is 381 g/mol. The van der Waals surface area contributed by atoms with E-state index in [0.29, 0.717) is 11.5 Å². The van der Waals surface area contributed by atoms with Crippen LogP contribution in [0.1, 0.15) is 34.3 Å². The lowest BCUT2D eigenvalue weighted by Crippen LogP contribution is -2.40. The van der Waals surface area contributed by atoms with Crippen molar-refractivity contribution in [3.63, 3.8) is 0 Å². The Morgan fingerprint density at radius 3 is 2.30 bits per heavy atom. The Morgan fingerprint density at radius 1 is 1.00 bits per heavy atom. The standard InChI is InChI=1S/C25H26FNO3/c1-29-23-14-19-12-13-27(22(16-28)17-6-4-3-5-7-17)25(21(19)15-24(23)30-2)18-8-10-20(26)11-9-18/h3-11,14-15,22,25,28H,12-13,16H2,1-2H3/t22-,25+/m0/s1. The molecule has 5 heteroatoms. The maximum Gasteiger partial charge on any atom is 0.161 e. The number of methoxy groups -OCH3 is 2. The van der Waals surface area contributed by atoms with E-state index in [1.54, 1.807) is 14.2 Å². The number of aliphatic hydroxyl groups is 1. The molecule has 156 valence electrons. The third-order valence-corrected chi connectivity index (χ3v) is 5.85. The Balaban J connectivity index is 1.86. The van der Waals surface area contributed by atoms with Crippen LogP contribution in [-0.4, -0.2) is 37.4 Å². The van der Waals surface area contributed by atoms with E-state index in [-0.39, 0.29) is 24.5 Å². The molecule has 0 bridgehead atoms. The first-order valence-corrected chi connectivity index (χ1v) is 10.1. The summed E-state index contributed by atoms with van der Waals surface area (Å²) >= 11 is 0. The van der Waals surface area contributed by atoms with Gasteiger partial charge in [-0.15, -0.1) is 0 Å². The fourth-order valence-electron chi connectivity index (χ4n) is 4.39. The van der Waals surface area contributed by atoms with Crippen LogP contribution in [0.3, 0.4) is 0 Å². The number of halogens is 1. The molecule has 0 amide bonds. The van der Waals surface area contributed by atoms with Crippen molar-refractivity contribution in [2.45, 2.75) is 18.5 Å². The zero-order chi connectivity index (χ0) is 21.1. The highest BCUT2D eigenvalue weighted by Gasteiger charge is 2.35. The minimum atomic E-state index is -0.268. The molecule has 30 heavy (non-hydrogen) atoms. The molecule has 0 saturated carbocycles. The van der Waals surface area contributed by atoms with Crippen molar-refractivity contribution < 1.29 is 19.0 Å². The molecule has 1 aliphatic heterocycles. The van der Waals surface area contributed by atoms with Gasteiger partial charge in [-0.2, -0.15) is 0 Å². The molecule has 4 nitrogen and oxygen atoms in total. The molecule has 0 fully saturated rings.